The van der Waals surface area contributed by atoms with Gasteiger partial charge in [0.2, 0.25) is 0 Å². The van der Waals surface area contributed by atoms with E-state index in [2.05, 4.69) is 10.3 Å². The summed E-state index contributed by atoms with van der Waals surface area (Å²) in [4.78, 5) is 38.2. The molecule has 1 aromatic rings. The summed E-state index contributed by atoms with van der Waals surface area (Å²) >= 11 is 17.3. The van der Waals surface area contributed by atoms with Crippen molar-refractivity contribution in [3.05, 3.63) is 27.0 Å². The van der Waals surface area contributed by atoms with Gasteiger partial charge in [-0.1, -0.05) is 34.8 Å². The first-order valence-corrected chi connectivity index (χ1v) is 8.09. The topological polar surface area (TPSA) is 94.6 Å². The Balaban J connectivity index is 2.36. The minimum absolute atomic E-state index is 0.0244. The standard InChI is InChI=1S/C14H15Cl3N2O5/c1-2-23-10(21)4-3-5-18-9(20)7-24-14(22)13-12(17)11(16)8(15)6-19-13/h6H,2-5,7H2,1H3,(H,18,20). The Bertz CT molecular complexity index is 625. The second-order valence-corrected chi connectivity index (χ2v) is 5.58. The zero-order chi connectivity index (χ0) is 18.1. The highest BCUT2D eigenvalue weighted by Crippen LogP contribution is 2.31. The molecule has 0 aliphatic rings. The van der Waals surface area contributed by atoms with E-state index in [-0.39, 0.29) is 39.7 Å². The van der Waals surface area contributed by atoms with Crippen molar-refractivity contribution >= 4 is 52.6 Å². The van der Waals surface area contributed by atoms with Crippen molar-refractivity contribution in [1.29, 1.82) is 0 Å². The number of halogens is 3. The molecule has 132 valence electrons. The van der Waals surface area contributed by atoms with Crippen LogP contribution in [0, 0.1) is 0 Å². The second-order valence-electron chi connectivity index (χ2n) is 4.42. The SMILES string of the molecule is CCOC(=O)CCCNC(=O)COC(=O)c1ncc(Cl)c(Cl)c1Cl. The van der Waals surface area contributed by atoms with Crippen molar-refractivity contribution in [2.75, 3.05) is 19.8 Å². The maximum Gasteiger partial charge on any atom is 0.359 e. The van der Waals surface area contributed by atoms with Gasteiger partial charge in [0.05, 0.1) is 21.7 Å². The van der Waals surface area contributed by atoms with E-state index in [4.69, 9.17) is 44.3 Å². The summed E-state index contributed by atoms with van der Waals surface area (Å²) in [5, 5.41) is 2.42. The highest BCUT2D eigenvalue weighted by molar-refractivity contribution is 6.48. The molecule has 24 heavy (non-hydrogen) atoms. The summed E-state index contributed by atoms with van der Waals surface area (Å²) in [5.41, 5.74) is -0.235. The molecule has 0 fully saturated rings. The first-order valence-electron chi connectivity index (χ1n) is 6.95. The van der Waals surface area contributed by atoms with Crippen LogP contribution >= 0.6 is 34.8 Å². The molecule has 0 aliphatic heterocycles. The minimum Gasteiger partial charge on any atom is -0.466 e. The zero-order valence-electron chi connectivity index (χ0n) is 12.7. The number of hydrogen-bond acceptors (Lipinski definition) is 6. The molecule has 1 rings (SSSR count). The Kier molecular flexibility index (Phi) is 8.81. The lowest BCUT2D eigenvalue weighted by atomic mass is 10.3. The molecule has 1 aromatic heterocycles. The van der Waals surface area contributed by atoms with Crippen LogP contribution in [0.4, 0.5) is 0 Å². The van der Waals surface area contributed by atoms with Crippen LogP contribution in [0.15, 0.2) is 6.20 Å². The lowest BCUT2D eigenvalue weighted by Crippen LogP contribution is -2.30. The van der Waals surface area contributed by atoms with Crippen LogP contribution in [0.5, 0.6) is 0 Å². The summed E-state index contributed by atoms with van der Waals surface area (Å²) in [6.07, 6.45) is 1.76. The summed E-state index contributed by atoms with van der Waals surface area (Å²) in [7, 11) is 0. The van der Waals surface area contributed by atoms with Gasteiger partial charge in [0.25, 0.3) is 5.91 Å². The van der Waals surface area contributed by atoms with Gasteiger partial charge in [0.15, 0.2) is 12.3 Å². The van der Waals surface area contributed by atoms with Crippen LogP contribution in [-0.4, -0.2) is 42.6 Å². The molecule has 0 spiro atoms. The molecule has 0 bridgehead atoms. The lowest BCUT2D eigenvalue weighted by Gasteiger charge is -2.08. The molecule has 0 unspecified atom stereocenters. The number of carbonyl (C=O) groups excluding carboxylic acids is 3. The van der Waals surface area contributed by atoms with Crippen LogP contribution in [-0.2, 0) is 19.1 Å². The van der Waals surface area contributed by atoms with E-state index in [1.807, 2.05) is 0 Å². The second kappa shape index (κ2) is 10.3. The fourth-order valence-corrected chi connectivity index (χ4v) is 2.09. The predicted molar refractivity (Wildman–Crippen MR) is 88.4 cm³/mol. The molecule has 0 aromatic carbocycles. The van der Waals surface area contributed by atoms with Gasteiger partial charge in [-0.3, -0.25) is 9.59 Å². The summed E-state index contributed by atoms with van der Waals surface area (Å²) in [6.45, 7) is 1.76. The Labute approximate surface area is 153 Å². The average molecular weight is 398 g/mol. The third kappa shape index (κ3) is 6.51. The van der Waals surface area contributed by atoms with Crippen molar-refractivity contribution in [2.45, 2.75) is 19.8 Å². The van der Waals surface area contributed by atoms with Gasteiger partial charge in [-0.05, 0) is 13.3 Å². The van der Waals surface area contributed by atoms with E-state index < -0.39 is 18.5 Å². The van der Waals surface area contributed by atoms with Gasteiger partial charge < -0.3 is 14.8 Å². The van der Waals surface area contributed by atoms with E-state index in [1.54, 1.807) is 6.92 Å². The van der Waals surface area contributed by atoms with Gasteiger partial charge in [0, 0.05) is 19.2 Å². The number of carbonyl (C=O) groups is 3. The molecule has 1 amide bonds. The Morgan fingerprint density at radius 3 is 2.54 bits per heavy atom. The molecule has 0 saturated carbocycles. The fourth-order valence-electron chi connectivity index (χ4n) is 1.53. The summed E-state index contributed by atoms with van der Waals surface area (Å²) < 4.78 is 9.54. The number of esters is 2. The van der Waals surface area contributed by atoms with E-state index in [0.29, 0.717) is 13.0 Å². The lowest BCUT2D eigenvalue weighted by molar-refractivity contribution is -0.143. The van der Waals surface area contributed by atoms with Gasteiger partial charge in [-0.15, -0.1) is 0 Å². The molecule has 7 nitrogen and oxygen atoms in total. The van der Waals surface area contributed by atoms with E-state index in [1.165, 1.54) is 0 Å². The molecule has 1 heterocycles. The number of nitrogens with zero attached hydrogens (tertiary/aromatic N) is 1. The van der Waals surface area contributed by atoms with Gasteiger partial charge >= 0.3 is 11.9 Å². The number of nitrogens with one attached hydrogen (secondary N) is 1. The molecule has 0 atom stereocenters. The van der Waals surface area contributed by atoms with E-state index in [0.717, 1.165) is 6.20 Å². The van der Waals surface area contributed by atoms with Crippen molar-refractivity contribution < 1.29 is 23.9 Å². The van der Waals surface area contributed by atoms with E-state index in [9.17, 15) is 14.4 Å². The monoisotopic (exact) mass is 396 g/mol. The Morgan fingerprint density at radius 2 is 1.88 bits per heavy atom. The first-order chi connectivity index (χ1) is 11.4. The average Bonchev–Trinajstić information content (AvgIpc) is 2.55. The van der Waals surface area contributed by atoms with Crippen molar-refractivity contribution in [3.63, 3.8) is 0 Å². The third-order valence-electron chi connectivity index (χ3n) is 2.63. The Morgan fingerprint density at radius 1 is 1.17 bits per heavy atom. The fraction of sp³-hybridized carbons (Fsp3) is 0.429. The highest BCUT2D eigenvalue weighted by atomic mass is 35.5. The summed E-state index contributed by atoms with van der Waals surface area (Å²) in [6, 6.07) is 0. The molecular formula is C14H15Cl3N2O5. The molecule has 0 aliphatic carbocycles. The zero-order valence-corrected chi connectivity index (χ0v) is 15.0. The molecule has 0 saturated heterocycles. The van der Waals surface area contributed by atoms with E-state index >= 15 is 0 Å². The van der Waals surface area contributed by atoms with Crippen LogP contribution in [0.25, 0.3) is 0 Å². The first kappa shape index (κ1) is 20.5. The number of amides is 1. The molecular weight excluding hydrogens is 383 g/mol. The summed E-state index contributed by atoms with van der Waals surface area (Å²) in [5.74, 6) is -1.76. The quantitative estimate of drug-likeness (QED) is 0.535. The number of hydrogen-bond donors (Lipinski definition) is 1. The van der Waals surface area contributed by atoms with Gasteiger partial charge in [-0.2, -0.15) is 0 Å². The smallest absolute Gasteiger partial charge is 0.359 e. The maximum absolute atomic E-state index is 11.8. The highest BCUT2D eigenvalue weighted by Gasteiger charge is 2.19. The maximum atomic E-state index is 11.8. The van der Waals surface area contributed by atoms with Crippen LogP contribution < -0.4 is 5.32 Å². The number of pyridine rings is 1. The number of aromatic nitrogens is 1. The van der Waals surface area contributed by atoms with Crippen molar-refractivity contribution in [3.8, 4) is 0 Å². The number of rotatable bonds is 8. The molecule has 10 heteroatoms. The van der Waals surface area contributed by atoms with Crippen molar-refractivity contribution in [1.82, 2.24) is 10.3 Å². The van der Waals surface area contributed by atoms with Crippen LogP contribution in [0.2, 0.25) is 15.1 Å². The number of ether oxygens (including phenoxy) is 2. The Hall–Kier alpha value is -1.57. The molecule has 1 N–H and O–H groups in total. The molecule has 0 radical (unpaired) electrons. The van der Waals surface area contributed by atoms with Crippen LogP contribution in [0.1, 0.15) is 30.3 Å². The predicted octanol–water partition coefficient (Wildman–Crippen LogP) is 2.66. The normalized spacial score (nSPS) is 10.2. The largest absolute Gasteiger partial charge is 0.466 e. The van der Waals surface area contributed by atoms with Gasteiger partial charge in [0.1, 0.15) is 0 Å². The van der Waals surface area contributed by atoms with Crippen LogP contribution in [0.3, 0.4) is 0 Å². The minimum atomic E-state index is -0.903. The van der Waals surface area contributed by atoms with Gasteiger partial charge in [-0.25, -0.2) is 9.78 Å². The third-order valence-corrected chi connectivity index (χ3v) is 3.87. The van der Waals surface area contributed by atoms with Crippen molar-refractivity contribution in [2.24, 2.45) is 0 Å².